The van der Waals surface area contributed by atoms with Crippen LogP contribution in [0, 0.1) is 0 Å². The predicted octanol–water partition coefficient (Wildman–Crippen LogP) is 4.41. The highest BCUT2D eigenvalue weighted by Gasteiger charge is 2.20. The van der Waals surface area contributed by atoms with E-state index in [1.165, 1.54) is 7.11 Å². The summed E-state index contributed by atoms with van der Waals surface area (Å²) >= 11 is 6.08. The Bertz CT molecular complexity index is 610. The number of halogens is 1. The minimum atomic E-state index is -0.404. The van der Waals surface area contributed by atoms with E-state index in [2.05, 4.69) is 0 Å². The molecule has 1 atom stereocenters. The number of benzene rings is 2. The second kappa shape index (κ2) is 6.44. The van der Waals surface area contributed by atoms with Gasteiger partial charge in [0.05, 0.1) is 18.1 Å². The van der Waals surface area contributed by atoms with E-state index in [0.29, 0.717) is 16.5 Å². The predicted molar refractivity (Wildman–Crippen MR) is 78.4 cm³/mol. The lowest BCUT2D eigenvalue weighted by atomic mass is 10.0. The van der Waals surface area contributed by atoms with Crippen molar-refractivity contribution in [1.82, 2.24) is 0 Å². The van der Waals surface area contributed by atoms with Crippen LogP contribution in [0.4, 0.5) is 0 Å². The zero-order valence-electron chi connectivity index (χ0n) is 11.3. The third-order valence-corrected chi connectivity index (χ3v) is 3.31. The molecule has 20 heavy (non-hydrogen) atoms. The highest BCUT2D eigenvalue weighted by Crippen LogP contribution is 2.34. The molecule has 4 heteroatoms. The molecule has 0 saturated carbocycles. The third-order valence-electron chi connectivity index (χ3n) is 3.00. The first-order valence-electron chi connectivity index (χ1n) is 6.22. The molecular weight excluding hydrogens is 276 g/mol. The van der Waals surface area contributed by atoms with Crippen molar-refractivity contribution < 1.29 is 14.3 Å². The van der Waals surface area contributed by atoms with Gasteiger partial charge in [0.25, 0.3) is 0 Å². The maximum Gasteiger partial charge on any atom is 0.312 e. The molecule has 3 nitrogen and oxygen atoms in total. The van der Waals surface area contributed by atoms with E-state index in [4.69, 9.17) is 21.1 Å². The van der Waals surface area contributed by atoms with E-state index >= 15 is 0 Å². The molecule has 2 aromatic carbocycles. The molecule has 1 unspecified atom stereocenters. The normalized spacial score (nSPS) is 11.8. The van der Waals surface area contributed by atoms with Crippen LogP contribution >= 0.6 is 11.6 Å². The number of ether oxygens (including phenoxy) is 2. The fourth-order valence-corrected chi connectivity index (χ4v) is 2.06. The smallest absolute Gasteiger partial charge is 0.312 e. The monoisotopic (exact) mass is 290 g/mol. The van der Waals surface area contributed by atoms with Gasteiger partial charge in [-0.1, -0.05) is 41.9 Å². The van der Waals surface area contributed by atoms with Crippen LogP contribution in [0.1, 0.15) is 18.4 Å². The highest BCUT2D eigenvalue weighted by molar-refractivity contribution is 6.32. The molecule has 0 bridgehead atoms. The van der Waals surface area contributed by atoms with Crippen LogP contribution in [0.3, 0.4) is 0 Å². The molecule has 0 aliphatic rings. The van der Waals surface area contributed by atoms with Crippen LogP contribution in [-0.2, 0) is 9.53 Å². The lowest BCUT2D eigenvalue weighted by Crippen LogP contribution is -2.11. The van der Waals surface area contributed by atoms with E-state index in [9.17, 15) is 4.79 Å². The van der Waals surface area contributed by atoms with Gasteiger partial charge in [0.1, 0.15) is 11.5 Å². The minimum absolute atomic E-state index is 0.305. The lowest BCUT2D eigenvalue weighted by molar-refractivity contribution is -0.142. The third kappa shape index (κ3) is 3.11. The summed E-state index contributed by atoms with van der Waals surface area (Å²) in [7, 11) is 1.37. The fourth-order valence-electron chi connectivity index (χ4n) is 1.88. The second-order valence-electron chi connectivity index (χ2n) is 4.32. The van der Waals surface area contributed by atoms with Crippen LogP contribution in [0.2, 0.25) is 5.02 Å². The molecule has 0 saturated heterocycles. The van der Waals surface area contributed by atoms with Crippen LogP contribution < -0.4 is 4.74 Å². The Morgan fingerprint density at radius 2 is 1.65 bits per heavy atom. The molecule has 0 radical (unpaired) electrons. The molecule has 0 heterocycles. The van der Waals surface area contributed by atoms with Gasteiger partial charge in [-0.15, -0.1) is 0 Å². The Labute approximate surface area is 123 Å². The van der Waals surface area contributed by atoms with Crippen molar-refractivity contribution >= 4 is 17.6 Å². The van der Waals surface area contributed by atoms with Gasteiger partial charge in [-0.25, -0.2) is 0 Å². The SMILES string of the molecule is COC(=O)C(C)c1ccccc1Oc1ccccc1Cl. The maximum absolute atomic E-state index is 11.7. The topological polar surface area (TPSA) is 35.5 Å². The van der Waals surface area contributed by atoms with Crippen molar-refractivity contribution in [2.45, 2.75) is 12.8 Å². The molecule has 0 aromatic heterocycles. The molecule has 0 spiro atoms. The number of para-hydroxylation sites is 2. The molecule has 0 N–H and O–H groups in total. The molecule has 2 aromatic rings. The minimum Gasteiger partial charge on any atom is -0.469 e. The van der Waals surface area contributed by atoms with Gasteiger partial charge in [0.2, 0.25) is 0 Å². The van der Waals surface area contributed by atoms with E-state index < -0.39 is 5.92 Å². The summed E-state index contributed by atoms with van der Waals surface area (Å²) in [5.41, 5.74) is 0.763. The zero-order valence-corrected chi connectivity index (χ0v) is 12.1. The first-order chi connectivity index (χ1) is 9.63. The average Bonchev–Trinajstić information content (AvgIpc) is 2.48. The Kier molecular flexibility index (Phi) is 4.64. The van der Waals surface area contributed by atoms with Crippen molar-refractivity contribution in [3.63, 3.8) is 0 Å². The van der Waals surface area contributed by atoms with Gasteiger partial charge in [-0.3, -0.25) is 4.79 Å². The number of carbonyl (C=O) groups excluding carboxylic acids is 1. The Morgan fingerprint density at radius 3 is 2.30 bits per heavy atom. The summed E-state index contributed by atoms with van der Waals surface area (Å²) in [6, 6.07) is 14.6. The average molecular weight is 291 g/mol. The van der Waals surface area contributed by atoms with Crippen LogP contribution in [0.15, 0.2) is 48.5 Å². The van der Waals surface area contributed by atoms with E-state index in [0.717, 1.165) is 5.56 Å². The van der Waals surface area contributed by atoms with Gasteiger partial charge >= 0.3 is 5.97 Å². The molecule has 104 valence electrons. The van der Waals surface area contributed by atoms with Gasteiger partial charge in [0, 0.05) is 5.56 Å². The highest BCUT2D eigenvalue weighted by atomic mass is 35.5. The van der Waals surface area contributed by atoms with Crippen molar-refractivity contribution in [3.05, 3.63) is 59.1 Å². The molecule has 0 fully saturated rings. The summed E-state index contributed by atoms with van der Waals surface area (Å²) < 4.78 is 10.6. The standard InChI is InChI=1S/C16H15ClO3/c1-11(16(18)19-2)12-7-3-5-9-14(12)20-15-10-6-4-8-13(15)17/h3-11H,1-2H3. The molecular formula is C16H15ClO3. The number of carbonyl (C=O) groups is 1. The second-order valence-corrected chi connectivity index (χ2v) is 4.72. The zero-order chi connectivity index (χ0) is 14.5. The van der Waals surface area contributed by atoms with Crippen LogP contribution in [0.5, 0.6) is 11.5 Å². The molecule has 2 rings (SSSR count). The first kappa shape index (κ1) is 14.4. The molecule has 0 aliphatic heterocycles. The van der Waals surface area contributed by atoms with E-state index in [1.54, 1.807) is 25.1 Å². The largest absolute Gasteiger partial charge is 0.469 e. The quantitative estimate of drug-likeness (QED) is 0.783. The summed E-state index contributed by atoms with van der Waals surface area (Å²) in [6.07, 6.45) is 0. The Hall–Kier alpha value is -2.00. The van der Waals surface area contributed by atoms with Crippen LogP contribution in [-0.4, -0.2) is 13.1 Å². The van der Waals surface area contributed by atoms with Gasteiger partial charge in [0.15, 0.2) is 0 Å². The van der Waals surface area contributed by atoms with Crippen molar-refractivity contribution in [2.75, 3.05) is 7.11 Å². The van der Waals surface area contributed by atoms with Crippen molar-refractivity contribution in [2.24, 2.45) is 0 Å². The summed E-state index contributed by atoms with van der Waals surface area (Å²) in [4.78, 5) is 11.7. The van der Waals surface area contributed by atoms with E-state index in [1.807, 2.05) is 30.3 Å². The van der Waals surface area contributed by atoms with Crippen molar-refractivity contribution in [1.29, 1.82) is 0 Å². The summed E-state index contributed by atoms with van der Waals surface area (Å²) in [5.74, 6) is 0.441. The van der Waals surface area contributed by atoms with Crippen LogP contribution in [0.25, 0.3) is 0 Å². The summed E-state index contributed by atoms with van der Waals surface area (Å²) in [5, 5.41) is 0.521. The number of hydrogen-bond donors (Lipinski definition) is 0. The van der Waals surface area contributed by atoms with Gasteiger partial charge < -0.3 is 9.47 Å². The number of rotatable bonds is 4. The van der Waals surface area contributed by atoms with Gasteiger partial charge in [-0.05, 0) is 25.1 Å². The fraction of sp³-hybridized carbons (Fsp3) is 0.188. The number of esters is 1. The van der Waals surface area contributed by atoms with Gasteiger partial charge in [-0.2, -0.15) is 0 Å². The first-order valence-corrected chi connectivity index (χ1v) is 6.60. The number of methoxy groups -OCH3 is 1. The molecule has 0 amide bonds. The molecule has 0 aliphatic carbocycles. The lowest BCUT2D eigenvalue weighted by Gasteiger charge is -2.15. The summed E-state index contributed by atoms with van der Waals surface area (Å²) in [6.45, 7) is 1.78. The Morgan fingerprint density at radius 1 is 1.05 bits per heavy atom. The Balaban J connectivity index is 2.33. The van der Waals surface area contributed by atoms with E-state index in [-0.39, 0.29) is 5.97 Å². The van der Waals surface area contributed by atoms with Crippen molar-refractivity contribution in [3.8, 4) is 11.5 Å². The number of hydrogen-bond acceptors (Lipinski definition) is 3. The maximum atomic E-state index is 11.7.